The molecule has 7 heteroatoms. The fourth-order valence-electron chi connectivity index (χ4n) is 5.51. The van der Waals surface area contributed by atoms with Crippen molar-refractivity contribution in [1.29, 1.82) is 0 Å². The Balaban J connectivity index is 1.52. The van der Waals surface area contributed by atoms with Gasteiger partial charge in [-0.1, -0.05) is 18.6 Å². The van der Waals surface area contributed by atoms with Crippen LogP contribution in [0.4, 0.5) is 0 Å². The van der Waals surface area contributed by atoms with Crippen molar-refractivity contribution in [3.8, 4) is 0 Å². The van der Waals surface area contributed by atoms with Crippen molar-refractivity contribution in [1.82, 2.24) is 0 Å². The molecule has 2 bridgehead atoms. The Morgan fingerprint density at radius 2 is 1.90 bits per heavy atom. The predicted molar refractivity (Wildman–Crippen MR) is 103 cm³/mol. The van der Waals surface area contributed by atoms with Crippen molar-refractivity contribution in [2.75, 3.05) is 13.7 Å². The molecule has 2 saturated carbocycles. The van der Waals surface area contributed by atoms with Crippen LogP contribution < -0.4 is 0 Å². The molecule has 0 radical (unpaired) electrons. The second kappa shape index (κ2) is 8.00. The van der Waals surface area contributed by atoms with Gasteiger partial charge in [0.2, 0.25) is 0 Å². The van der Waals surface area contributed by atoms with Gasteiger partial charge in [-0.2, -0.15) is 0 Å². The van der Waals surface area contributed by atoms with Crippen molar-refractivity contribution >= 4 is 11.9 Å². The van der Waals surface area contributed by atoms with E-state index in [2.05, 4.69) is 4.74 Å². The number of esters is 2. The van der Waals surface area contributed by atoms with Crippen molar-refractivity contribution in [2.24, 2.45) is 0 Å². The van der Waals surface area contributed by atoms with Crippen LogP contribution in [0.2, 0.25) is 0 Å². The first kappa shape index (κ1) is 20.8. The Kier molecular flexibility index (Phi) is 5.75. The number of fused-ring (bicyclic) bond motifs is 3. The van der Waals surface area contributed by atoms with Gasteiger partial charge in [-0.3, -0.25) is 9.59 Å². The van der Waals surface area contributed by atoms with E-state index in [0.717, 1.165) is 32.1 Å². The van der Waals surface area contributed by atoms with Crippen LogP contribution in [0.1, 0.15) is 71.1 Å². The van der Waals surface area contributed by atoms with Crippen LogP contribution in [0.3, 0.4) is 0 Å². The summed E-state index contributed by atoms with van der Waals surface area (Å²) in [6, 6.07) is 0. The van der Waals surface area contributed by atoms with Gasteiger partial charge in [0.15, 0.2) is 5.79 Å². The van der Waals surface area contributed by atoms with Gasteiger partial charge in [-0.05, 0) is 32.1 Å². The molecule has 3 aliphatic heterocycles. The third kappa shape index (κ3) is 3.97. The number of carbonyl (C=O) groups excluding carboxylic acids is 2. The van der Waals surface area contributed by atoms with Gasteiger partial charge in [-0.15, -0.1) is 0 Å². The van der Waals surface area contributed by atoms with Gasteiger partial charge >= 0.3 is 11.9 Å². The first-order valence-corrected chi connectivity index (χ1v) is 10.8. The zero-order chi connectivity index (χ0) is 20.5. The first-order valence-electron chi connectivity index (χ1n) is 10.8. The number of hydrogen-bond acceptors (Lipinski definition) is 7. The molecule has 7 nitrogen and oxygen atoms in total. The lowest BCUT2D eigenvalue weighted by molar-refractivity contribution is -0.220. The Labute approximate surface area is 172 Å². The van der Waals surface area contributed by atoms with E-state index >= 15 is 0 Å². The third-order valence-corrected chi connectivity index (χ3v) is 6.94. The standard InChI is InChI=1S/C22H32O7/c1-16(23)27-20-12-13-21(15-26-17(20)8-4-5-9-19(24)25-2)18(14-20)28-22(29-21)10-6-3-7-11-22/h4-5,17-18H,3,6-15H2,1-2H3/b5-4+/t17-,18+,20+,21+/m0/s1. The molecule has 4 atom stereocenters. The molecular formula is C22H32O7. The number of rotatable bonds is 5. The lowest BCUT2D eigenvalue weighted by atomic mass is 9.72. The smallest absolute Gasteiger partial charge is 0.309 e. The van der Waals surface area contributed by atoms with E-state index in [1.807, 2.05) is 6.08 Å². The molecular weight excluding hydrogens is 376 g/mol. The Morgan fingerprint density at radius 1 is 1.10 bits per heavy atom. The van der Waals surface area contributed by atoms with Gasteiger partial charge < -0.3 is 23.7 Å². The maximum absolute atomic E-state index is 12.0. The molecule has 5 fully saturated rings. The van der Waals surface area contributed by atoms with E-state index in [9.17, 15) is 9.59 Å². The number of ether oxygens (including phenoxy) is 5. The summed E-state index contributed by atoms with van der Waals surface area (Å²) >= 11 is 0. The predicted octanol–water partition coefficient (Wildman–Crippen LogP) is 3.20. The van der Waals surface area contributed by atoms with E-state index in [4.69, 9.17) is 18.9 Å². The van der Waals surface area contributed by atoms with Crippen LogP contribution in [-0.4, -0.2) is 54.9 Å². The number of hydrogen-bond donors (Lipinski definition) is 0. The highest BCUT2D eigenvalue weighted by molar-refractivity contribution is 5.70. The van der Waals surface area contributed by atoms with Gasteiger partial charge in [0, 0.05) is 26.2 Å². The second-order valence-corrected chi connectivity index (χ2v) is 8.89. The average Bonchev–Trinajstić information content (AvgIpc) is 2.84. The normalized spacial score (nSPS) is 38.0. The summed E-state index contributed by atoms with van der Waals surface area (Å²) in [5.74, 6) is -1.09. The van der Waals surface area contributed by atoms with Gasteiger partial charge in [0.25, 0.3) is 0 Å². The molecule has 5 aliphatic rings. The Bertz CT molecular complexity index is 668. The SMILES string of the molecule is COC(=O)C/C=C/C[C@@H]1OC[C@]23CC[C@@]1(OC(C)=O)C[C@H]2OC1(CCCCC1)O3. The van der Waals surface area contributed by atoms with E-state index in [-0.39, 0.29) is 30.6 Å². The Hall–Kier alpha value is -1.44. The summed E-state index contributed by atoms with van der Waals surface area (Å²) in [7, 11) is 1.37. The molecule has 0 N–H and O–H groups in total. The molecule has 3 saturated heterocycles. The van der Waals surface area contributed by atoms with Crippen molar-refractivity contribution < 1.29 is 33.3 Å². The molecule has 2 spiro atoms. The van der Waals surface area contributed by atoms with Crippen LogP contribution in [-0.2, 0) is 33.3 Å². The topological polar surface area (TPSA) is 80.3 Å². The molecule has 5 rings (SSSR count). The molecule has 0 aromatic heterocycles. The van der Waals surface area contributed by atoms with Crippen LogP contribution in [0.15, 0.2) is 12.2 Å². The fourth-order valence-corrected chi connectivity index (χ4v) is 5.51. The summed E-state index contributed by atoms with van der Waals surface area (Å²) in [6.45, 7) is 1.89. The lowest BCUT2D eigenvalue weighted by Crippen LogP contribution is -2.54. The monoisotopic (exact) mass is 408 g/mol. The fraction of sp³-hybridized carbons (Fsp3) is 0.818. The minimum absolute atomic E-state index is 0.127. The van der Waals surface area contributed by atoms with Gasteiger partial charge in [-0.25, -0.2) is 0 Å². The van der Waals surface area contributed by atoms with Crippen LogP contribution in [0, 0.1) is 0 Å². The minimum atomic E-state index is -0.727. The zero-order valence-corrected chi connectivity index (χ0v) is 17.4. The van der Waals surface area contributed by atoms with E-state index in [1.165, 1.54) is 20.5 Å². The molecule has 0 amide bonds. The Morgan fingerprint density at radius 3 is 2.62 bits per heavy atom. The highest BCUT2D eigenvalue weighted by Crippen LogP contribution is 2.56. The lowest BCUT2D eigenvalue weighted by Gasteiger charge is -2.43. The van der Waals surface area contributed by atoms with Gasteiger partial charge in [0.05, 0.1) is 26.2 Å². The van der Waals surface area contributed by atoms with Crippen LogP contribution in [0.25, 0.3) is 0 Å². The number of carbonyl (C=O) groups is 2. The largest absolute Gasteiger partial charge is 0.469 e. The second-order valence-electron chi connectivity index (χ2n) is 8.89. The maximum Gasteiger partial charge on any atom is 0.309 e. The van der Waals surface area contributed by atoms with E-state index in [0.29, 0.717) is 25.9 Å². The molecule has 0 unspecified atom stereocenters. The average molecular weight is 408 g/mol. The number of methoxy groups -OCH3 is 1. The van der Waals surface area contributed by atoms with Gasteiger partial charge in [0.1, 0.15) is 17.3 Å². The zero-order valence-electron chi connectivity index (χ0n) is 17.4. The van der Waals surface area contributed by atoms with Crippen molar-refractivity contribution in [3.05, 3.63) is 12.2 Å². The van der Waals surface area contributed by atoms with Crippen molar-refractivity contribution in [3.63, 3.8) is 0 Å². The molecule has 0 aromatic carbocycles. The first-order chi connectivity index (χ1) is 13.9. The summed E-state index contributed by atoms with van der Waals surface area (Å²) in [5, 5.41) is 0. The quantitative estimate of drug-likeness (QED) is 0.510. The summed E-state index contributed by atoms with van der Waals surface area (Å²) < 4.78 is 30.1. The molecule has 2 aliphatic carbocycles. The van der Waals surface area contributed by atoms with Crippen LogP contribution in [0.5, 0.6) is 0 Å². The molecule has 162 valence electrons. The molecule has 0 aromatic rings. The van der Waals surface area contributed by atoms with E-state index < -0.39 is 17.0 Å². The third-order valence-electron chi connectivity index (χ3n) is 6.94. The molecule has 29 heavy (non-hydrogen) atoms. The highest BCUT2D eigenvalue weighted by Gasteiger charge is 2.66. The highest BCUT2D eigenvalue weighted by atomic mass is 16.8. The van der Waals surface area contributed by atoms with Crippen molar-refractivity contribution in [2.45, 2.75) is 100 Å². The summed E-state index contributed by atoms with van der Waals surface area (Å²) in [6.07, 6.45) is 11.4. The maximum atomic E-state index is 12.0. The van der Waals surface area contributed by atoms with E-state index in [1.54, 1.807) is 6.08 Å². The summed E-state index contributed by atoms with van der Waals surface area (Å²) in [5.41, 5.74) is -1.18. The summed E-state index contributed by atoms with van der Waals surface area (Å²) in [4.78, 5) is 23.3. The molecule has 3 heterocycles. The van der Waals surface area contributed by atoms with Crippen LogP contribution >= 0.6 is 0 Å². The minimum Gasteiger partial charge on any atom is -0.469 e.